The SMILES string of the molecule is Cn1c(N)c(N=O)c(=O)n1C.O. The van der Waals surface area contributed by atoms with Crippen LogP contribution in [0.4, 0.5) is 11.5 Å². The molecule has 0 amide bonds. The predicted octanol–water partition coefficient (Wildman–Crippen LogP) is -1.12. The highest BCUT2D eigenvalue weighted by Crippen LogP contribution is 2.14. The zero-order chi connectivity index (χ0) is 8.59. The average molecular weight is 174 g/mol. The van der Waals surface area contributed by atoms with Gasteiger partial charge in [0.1, 0.15) is 0 Å². The van der Waals surface area contributed by atoms with E-state index in [2.05, 4.69) is 5.18 Å². The summed E-state index contributed by atoms with van der Waals surface area (Å²) in [5.74, 6) is 0.0903. The van der Waals surface area contributed by atoms with Crippen LogP contribution in [0.2, 0.25) is 0 Å². The van der Waals surface area contributed by atoms with Gasteiger partial charge in [-0.2, -0.15) is 0 Å². The first-order valence-electron chi connectivity index (χ1n) is 2.94. The molecule has 0 radical (unpaired) electrons. The molecule has 1 heterocycles. The fraction of sp³-hybridized carbons (Fsp3) is 0.400. The van der Waals surface area contributed by atoms with Crippen molar-refractivity contribution in [2.24, 2.45) is 19.3 Å². The van der Waals surface area contributed by atoms with Gasteiger partial charge in [0.25, 0.3) is 5.56 Å². The standard InChI is InChI=1S/C5H8N4O2.H2O/c1-8-4(6)3(7-11)5(10)9(8)2;/h6H2,1-2H3;1H2. The first-order valence-corrected chi connectivity index (χ1v) is 2.94. The lowest BCUT2D eigenvalue weighted by molar-refractivity contribution is 0.586. The van der Waals surface area contributed by atoms with Gasteiger partial charge in [-0.1, -0.05) is 0 Å². The predicted molar refractivity (Wildman–Crippen MR) is 44.1 cm³/mol. The third-order valence-electron chi connectivity index (χ3n) is 1.63. The first-order chi connectivity index (χ1) is 5.09. The molecule has 0 aliphatic carbocycles. The van der Waals surface area contributed by atoms with Gasteiger partial charge in [-0.25, -0.2) is 0 Å². The molecule has 0 aromatic carbocycles. The van der Waals surface area contributed by atoms with Gasteiger partial charge in [0.2, 0.25) is 5.69 Å². The lowest BCUT2D eigenvalue weighted by Crippen LogP contribution is -2.16. The summed E-state index contributed by atoms with van der Waals surface area (Å²) in [5, 5.41) is 2.52. The summed E-state index contributed by atoms with van der Waals surface area (Å²) in [7, 11) is 3.08. The molecule has 0 bridgehead atoms. The van der Waals surface area contributed by atoms with Crippen LogP contribution in [0.1, 0.15) is 0 Å². The highest BCUT2D eigenvalue weighted by Gasteiger charge is 2.12. The second-order valence-corrected chi connectivity index (χ2v) is 2.18. The minimum Gasteiger partial charge on any atom is -0.412 e. The van der Waals surface area contributed by atoms with Crippen LogP contribution in [0.3, 0.4) is 0 Å². The Kier molecular flexibility index (Phi) is 2.75. The Balaban J connectivity index is 0.00000121. The van der Waals surface area contributed by atoms with Crippen LogP contribution in [0.15, 0.2) is 9.97 Å². The van der Waals surface area contributed by atoms with Crippen LogP contribution in [0, 0.1) is 4.91 Å². The minimum absolute atomic E-state index is 0. The van der Waals surface area contributed by atoms with Crippen LogP contribution in [-0.4, -0.2) is 14.8 Å². The number of nitroso groups, excluding NO2 is 1. The second-order valence-electron chi connectivity index (χ2n) is 2.18. The Morgan fingerprint density at radius 3 is 2.00 bits per heavy atom. The number of nitrogens with zero attached hydrogens (tertiary/aromatic N) is 3. The number of hydrogen-bond donors (Lipinski definition) is 1. The molecule has 0 atom stereocenters. The Labute approximate surface area is 67.7 Å². The van der Waals surface area contributed by atoms with E-state index >= 15 is 0 Å². The number of aromatic nitrogens is 2. The minimum atomic E-state index is -0.472. The fourth-order valence-corrected chi connectivity index (χ4v) is 0.800. The average Bonchev–Trinajstić information content (AvgIpc) is 2.17. The first kappa shape index (κ1) is 10.4. The Hall–Kier alpha value is -1.63. The molecule has 12 heavy (non-hydrogen) atoms. The van der Waals surface area contributed by atoms with Crippen molar-refractivity contribution in [3.05, 3.63) is 15.3 Å². The van der Waals surface area contributed by atoms with E-state index in [1.807, 2.05) is 0 Å². The molecule has 4 N–H and O–H groups in total. The third kappa shape index (κ3) is 1.10. The normalized spacial score (nSPS) is 9.17. The highest BCUT2D eigenvalue weighted by molar-refractivity contribution is 5.56. The number of nitrogen functional groups attached to an aromatic ring is 1. The lowest BCUT2D eigenvalue weighted by Gasteiger charge is -1.98. The highest BCUT2D eigenvalue weighted by atomic mass is 16.3. The zero-order valence-electron chi connectivity index (χ0n) is 6.74. The summed E-state index contributed by atoms with van der Waals surface area (Å²) in [4.78, 5) is 21.1. The van der Waals surface area contributed by atoms with Gasteiger partial charge < -0.3 is 11.2 Å². The molecule has 0 fully saturated rings. The van der Waals surface area contributed by atoms with E-state index in [0.717, 1.165) is 0 Å². The van der Waals surface area contributed by atoms with Crippen LogP contribution in [-0.2, 0) is 14.1 Å². The van der Waals surface area contributed by atoms with Crippen LogP contribution in [0.25, 0.3) is 0 Å². The second kappa shape index (κ2) is 3.18. The number of hydrogen-bond acceptors (Lipinski definition) is 4. The van der Waals surface area contributed by atoms with Gasteiger partial charge in [-0.3, -0.25) is 14.2 Å². The number of anilines is 1. The maximum atomic E-state index is 11.0. The van der Waals surface area contributed by atoms with Crippen LogP contribution >= 0.6 is 0 Å². The molecule has 0 aliphatic rings. The van der Waals surface area contributed by atoms with Crippen LogP contribution < -0.4 is 11.3 Å². The summed E-state index contributed by atoms with van der Waals surface area (Å²) >= 11 is 0. The quantitative estimate of drug-likeness (QED) is 0.543. The molecule has 0 saturated heterocycles. The van der Waals surface area contributed by atoms with E-state index in [0.29, 0.717) is 0 Å². The van der Waals surface area contributed by atoms with Crippen molar-refractivity contribution in [1.29, 1.82) is 0 Å². The zero-order valence-corrected chi connectivity index (χ0v) is 6.74. The maximum absolute atomic E-state index is 11.0. The molecule has 1 aromatic rings. The molecule has 1 rings (SSSR count). The van der Waals surface area contributed by atoms with Gasteiger partial charge in [0, 0.05) is 14.1 Å². The van der Waals surface area contributed by atoms with Gasteiger partial charge in [0.05, 0.1) is 0 Å². The van der Waals surface area contributed by atoms with Gasteiger partial charge in [-0.05, 0) is 5.18 Å². The maximum Gasteiger partial charge on any atom is 0.298 e. The molecular weight excluding hydrogens is 164 g/mol. The molecule has 7 nitrogen and oxygen atoms in total. The van der Waals surface area contributed by atoms with E-state index < -0.39 is 5.56 Å². The molecule has 0 aliphatic heterocycles. The molecular formula is C5H10N4O3. The van der Waals surface area contributed by atoms with Gasteiger partial charge >= 0.3 is 0 Å². The fourth-order valence-electron chi connectivity index (χ4n) is 0.800. The monoisotopic (exact) mass is 174 g/mol. The summed E-state index contributed by atoms with van der Waals surface area (Å²) in [5.41, 5.74) is 4.66. The Bertz CT molecular complexity index is 350. The van der Waals surface area contributed by atoms with Crippen molar-refractivity contribution in [2.45, 2.75) is 0 Å². The number of rotatable bonds is 1. The molecule has 0 spiro atoms. The smallest absolute Gasteiger partial charge is 0.298 e. The molecule has 0 saturated carbocycles. The van der Waals surface area contributed by atoms with Crippen molar-refractivity contribution in [2.75, 3.05) is 5.73 Å². The van der Waals surface area contributed by atoms with Crippen molar-refractivity contribution >= 4 is 11.5 Å². The number of nitrogens with two attached hydrogens (primary N) is 1. The summed E-state index contributed by atoms with van der Waals surface area (Å²) in [6.07, 6.45) is 0. The van der Waals surface area contributed by atoms with Crippen molar-refractivity contribution in [3.8, 4) is 0 Å². The van der Waals surface area contributed by atoms with Crippen molar-refractivity contribution in [1.82, 2.24) is 9.36 Å². The summed E-state index contributed by atoms with van der Waals surface area (Å²) in [6.45, 7) is 0. The Morgan fingerprint density at radius 2 is 1.83 bits per heavy atom. The summed E-state index contributed by atoms with van der Waals surface area (Å²) in [6, 6.07) is 0. The Morgan fingerprint density at radius 1 is 1.33 bits per heavy atom. The summed E-state index contributed by atoms with van der Waals surface area (Å²) < 4.78 is 2.57. The largest absolute Gasteiger partial charge is 0.412 e. The van der Waals surface area contributed by atoms with E-state index in [1.54, 1.807) is 7.05 Å². The van der Waals surface area contributed by atoms with Gasteiger partial charge in [0.15, 0.2) is 5.82 Å². The van der Waals surface area contributed by atoms with Crippen molar-refractivity contribution in [3.63, 3.8) is 0 Å². The van der Waals surface area contributed by atoms with E-state index in [4.69, 9.17) is 5.73 Å². The van der Waals surface area contributed by atoms with E-state index in [9.17, 15) is 9.70 Å². The lowest BCUT2D eigenvalue weighted by atomic mass is 10.5. The molecule has 0 unspecified atom stereocenters. The molecule has 1 aromatic heterocycles. The van der Waals surface area contributed by atoms with Crippen molar-refractivity contribution < 1.29 is 5.48 Å². The third-order valence-corrected chi connectivity index (χ3v) is 1.63. The van der Waals surface area contributed by atoms with Gasteiger partial charge in [-0.15, -0.1) is 4.91 Å². The molecule has 7 heteroatoms. The topological polar surface area (TPSA) is 114 Å². The van der Waals surface area contributed by atoms with E-state index in [1.165, 1.54) is 16.4 Å². The van der Waals surface area contributed by atoms with Crippen LogP contribution in [0.5, 0.6) is 0 Å². The molecule has 68 valence electrons. The van der Waals surface area contributed by atoms with E-state index in [-0.39, 0.29) is 17.0 Å².